The molecule has 0 rings (SSSR count). The molecule has 0 aliphatic carbocycles. The molecule has 0 spiro atoms. The standard InChI is InChI=1S/C5H12O2.CH2Cl2/c1-5(2,6-3)7-4;2-1-3/h1-4H3;1H2. The van der Waals surface area contributed by atoms with Crippen molar-refractivity contribution in [3.8, 4) is 0 Å². The lowest BCUT2D eigenvalue weighted by Gasteiger charge is -2.19. The molecule has 0 aromatic carbocycles. The molecule has 0 heterocycles. The molecule has 0 saturated carbocycles. The fourth-order valence-electron chi connectivity index (χ4n) is 0.0833. The van der Waals surface area contributed by atoms with E-state index in [-0.39, 0.29) is 5.34 Å². The Balaban J connectivity index is 0. The Morgan fingerprint density at radius 2 is 1.30 bits per heavy atom. The molecule has 0 aromatic rings. The maximum absolute atomic E-state index is 4.86. The molecular weight excluding hydrogens is 175 g/mol. The Morgan fingerprint density at radius 3 is 1.30 bits per heavy atom. The summed E-state index contributed by atoms with van der Waals surface area (Å²) in [5.74, 6) is -0.417. The van der Waals surface area contributed by atoms with E-state index in [9.17, 15) is 0 Å². The average Bonchev–Trinajstić information content (AvgIpc) is 1.90. The van der Waals surface area contributed by atoms with Crippen LogP contribution in [0.3, 0.4) is 0 Å². The Kier molecular flexibility index (Phi) is 9.97. The monoisotopic (exact) mass is 188 g/mol. The van der Waals surface area contributed by atoms with Crippen LogP contribution < -0.4 is 0 Å². The highest BCUT2D eigenvalue weighted by atomic mass is 35.5. The molecule has 0 unspecified atom stereocenters. The van der Waals surface area contributed by atoms with E-state index >= 15 is 0 Å². The van der Waals surface area contributed by atoms with Crippen LogP contribution in [0, 0.1) is 0 Å². The second kappa shape index (κ2) is 7.61. The lowest BCUT2D eigenvalue weighted by Crippen LogP contribution is -2.24. The van der Waals surface area contributed by atoms with Gasteiger partial charge in [0, 0.05) is 14.2 Å². The summed E-state index contributed by atoms with van der Waals surface area (Å²) < 4.78 is 9.73. The third-order valence-electron chi connectivity index (χ3n) is 0.983. The Labute approximate surface area is 72.4 Å². The molecule has 0 N–H and O–H groups in total. The van der Waals surface area contributed by atoms with E-state index in [1.54, 1.807) is 14.2 Å². The minimum Gasteiger partial charge on any atom is -0.354 e. The van der Waals surface area contributed by atoms with Crippen molar-refractivity contribution in [3.05, 3.63) is 0 Å². The predicted molar refractivity (Wildman–Crippen MR) is 44.7 cm³/mol. The Bertz CT molecular complexity index is 60.8. The first kappa shape index (κ1) is 13.1. The minimum atomic E-state index is -0.417. The van der Waals surface area contributed by atoms with Crippen LogP contribution in [-0.2, 0) is 9.47 Å². The minimum absolute atomic E-state index is 0.194. The van der Waals surface area contributed by atoms with E-state index in [1.807, 2.05) is 13.8 Å². The van der Waals surface area contributed by atoms with Gasteiger partial charge in [0.05, 0.1) is 5.34 Å². The molecule has 0 fully saturated rings. The molecule has 0 radical (unpaired) electrons. The Hall–Kier alpha value is 0.500. The van der Waals surface area contributed by atoms with Gasteiger partial charge in [0.25, 0.3) is 0 Å². The van der Waals surface area contributed by atoms with E-state index in [4.69, 9.17) is 32.7 Å². The van der Waals surface area contributed by atoms with Crippen LogP contribution in [0.1, 0.15) is 13.8 Å². The van der Waals surface area contributed by atoms with Gasteiger partial charge >= 0.3 is 0 Å². The molecule has 0 aromatic heterocycles. The summed E-state index contributed by atoms with van der Waals surface area (Å²) in [5.41, 5.74) is 0. The molecule has 0 saturated heterocycles. The van der Waals surface area contributed by atoms with Gasteiger partial charge in [-0.25, -0.2) is 0 Å². The molecule has 0 atom stereocenters. The highest BCUT2D eigenvalue weighted by Gasteiger charge is 2.11. The summed E-state index contributed by atoms with van der Waals surface area (Å²) in [6, 6.07) is 0. The molecule has 4 heteroatoms. The van der Waals surface area contributed by atoms with Gasteiger partial charge in [-0.1, -0.05) is 0 Å². The number of alkyl halides is 2. The first-order valence-corrected chi connectivity index (χ1v) is 3.83. The zero-order valence-electron chi connectivity index (χ0n) is 6.78. The average molecular weight is 189 g/mol. The Morgan fingerprint density at radius 1 is 1.10 bits per heavy atom. The van der Waals surface area contributed by atoms with Crippen molar-refractivity contribution in [2.24, 2.45) is 0 Å². The fraction of sp³-hybridized carbons (Fsp3) is 1.00. The zero-order valence-corrected chi connectivity index (χ0v) is 8.29. The summed E-state index contributed by atoms with van der Waals surface area (Å²) in [6.07, 6.45) is 0. The van der Waals surface area contributed by atoms with Crippen molar-refractivity contribution >= 4 is 23.2 Å². The third-order valence-corrected chi connectivity index (χ3v) is 0.983. The van der Waals surface area contributed by atoms with E-state index in [2.05, 4.69) is 0 Å². The highest BCUT2D eigenvalue weighted by Crippen LogP contribution is 2.05. The topological polar surface area (TPSA) is 18.5 Å². The number of rotatable bonds is 2. The number of ether oxygens (including phenoxy) is 2. The third kappa shape index (κ3) is 11.3. The molecule has 0 bridgehead atoms. The van der Waals surface area contributed by atoms with E-state index in [0.717, 1.165) is 0 Å². The molecule has 0 aliphatic rings. The van der Waals surface area contributed by atoms with Crippen LogP contribution in [0.2, 0.25) is 0 Å². The van der Waals surface area contributed by atoms with Gasteiger partial charge in [0.2, 0.25) is 0 Å². The lowest BCUT2D eigenvalue weighted by atomic mass is 10.4. The first-order chi connectivity index (χ1) is 4.54. The van der Waals surface area contributed by atoms with Crippen LogP contribution in [0.5, 0.6) is 0 Å². The normalized spacial score (nSPS) is 10.2. The molecule has 0 aliphatic heterocycles. The van der Waals surface area contributed by atoms with Crippen LogP contribution in [-0.4, -0.2) is 25.3 Å². The molecule has 64 valence electrons. The molecule has 0 amide bonds. The van der Waals surface area contributed by atoms with Crippen molar-refractivity contribution in [2.45, 2.75) is 19.6 Å². The largest absolute Gasteiger partial charge is 0.354 e. The van der Waals surface area contributed by atoms with Crippen LogP contribution >= 0.6 is 23.2 Å². The van der Waals surface area contributed by atoms with Gasteiger partial charge in [-0.3, -0.25) is 0 Å². The van der Waals surface area contributed by atoms with E-state index in [0.29, 0.717) is 0 Å². The van der Waals surface area contributed by atoms with Gasteiger partial charge in [-0.15, -0.1) is 23.2 Å². The van der Waals surface area contributed by atoms with Crippen molar-refractivity contribution in [1.82, 2.24) is 0 Å². The van der Waals surface area contributed by atoms with E-state index in [1.165, 1.54) is 0 Å². The second-order valence-corrected chi connectivity index (χ2v) is 2.72. The summed E-state index contributed by atoms with van der Waals surface area (Å²) in [5, 5.41) is 0.194. The molecule has 10 heavy (non-hydrogen) atoms. The summed E-state index contributed by atoms with van der Waals surface area (Å²) >= 11 is 9.53. The summed E-state index contributed by atoms with van der Waals surface area (Å²) in [4.78, 5) is 0. The van der Waals surface area contributed by atoms with E-state index < -0.39 is 5.79 Å². The van der Waals surface area contributed by atoms with Crippen molar-refractivity contribution < 1.29 is 9.47 Å². The number of hydrogen-bond acceptors (Lipinski definition) is 2. The van der Waals surface area contributed by atoms with Gasteiger partial charge < -0.3 is 9.47 Å². The first-order valence-electron chi connectivity index (χ1n) is 2.76. The fourth-order valence-corrected chi connectivity index (χ4v) is 0.0833. The SMILES string of the molecule is COC(C)(C)OC.ClCCl. The molecule has 2 nitrogen and oxygen atoms in total. The molecular formula is C6H14Cl2O2. The maximum atomic E-state index is 4.86. The van der Waals surface area contributed by atoms with Crippen LogP contribution in [0.25, 0.3) is 0 Å². The van der Waals surface area contributed by atoms with Gasteiger partial charge in [-0.05, 0) is 13.8 Å². The second-order valence-electron chi connectivity index (χ2n) is 1.91. The van der Waals surface area contributed by atoms with Gasteiger partial charge in [0.1, 0.15) is 0 Å². The predicted octanol–water partition coefficient (Wildman–Crippen LogP) is 2.44. The highest BCUT2D eigenvalue weighted by molar-refractivity contribution is 6.40. The maximum Gasteiger partial charge on any atom is 0.161 e. The smallest absolute Gasteiger partial charge is 0.161 e. The number of halogens is 2. The van der Waals surface area contributed by atoms with Gasteiger partial charge in [0.15, 0.2) is 5.79 Å². The van der Waals surface area contributed by atoms with Gasteiger partial charge in [-0.2, -0.15) is 0 Å². The van der Waals surface area contributed by atoms with Crippen molar-refractivity contribution in [2.75, 3.05) is 19.6 Å². The van der Waals surface area contributed by atoms with Crippen LogP contribution in [0.15, 0.2) is 0 Å². The summed E-state index contributed by atoms with van der Waals surface area (Å²) in [6.45, 7) is 3.71. The van der Waals surface area contributed by atoms with Crippen molar-refractivity contribution in [1.29, 1.82) is 0 Å². The lowest BCUT2D eigenvalue weighted by molar-refractivity contribution is -0.178. The summed E-state index contributed by atoms with van der Waals surface area (Å²) in [7, 11) is 3.23. The zero-order chi connectivity index (χ0) is 8.62. The number of hydrogen-bond donors (Lipinski definition) is 0. The van der Waals surface area contributed by atoms with Crippen LogP contribution in [0.4, 0.5) is 0 Å². The quantitative estimate of drug-likeness (QED) is 0.490. The van der Waals surface area contributed by atoms with Crippen molar-refractivity contribution in [3.63, 3.8) is 0 Å². The number of methoxy groups -OCH3 is 2.